The van der Waals surface area contributed by atoms with Crippen molar-refractivity contribution in [2.45, 2.75) is 63.3 Å². The van der Waals surface area contributed by atoms with Crippen molar-refractivity contribution in [2.24, 2.45) is 0 Å². The van der Waals surface area contributed by atoms with E-state index in [1.165, 1.54) is 13.0 Å². The fourth-order valence-electron chi connectivity index (χ4n) is 3.50. The van der Waals surface area contributed by atoms with E-state index in [-0.39, 0.29) is 10.8 Å². The molecule has 146 valence electrons. The summed E-state index contributed by atoms with van der Waals surface area (Å²) >= 11 is 0. The number of hydrogen-bond donors (Lipinski definition) is 2. The first-order valence-corrected chi connectivity index (χ1v) is 10.4. The maximum absolute atomic E-state index is 13.2. The maximum Gasteiger partial charge on any atom is 0.241 e. The molecule has 1 aromatic carbocycles. The lowest BCUT2D eigenvalue weighted by Crippen LogP contribution is -2.48. The normalized spacial score (nSPS) is 16.9. The molecule has 1 aromatic heterocycles. The van der Waals surface area contributed by atoms with Crippen LogP contribution in [0.15, 0.2) is 27.6 Å². The molecule has 1 fully saturated rings. The minimum Gasteiger partial charge on any atom is -0.340 e. The summed E-state index contributed by atoms with van der Waals surface area (Å²) in [5.74, 6) is 0.512. The average Bonchev–Trinajstić information content (AvgIpc) is 3.04. The zero-order valence-corrected chi connectivity index (χ0v) is 16.5. The first-order chi connectivity index (χ1) is 12.7. The number of nitrogens with zero attached hydrogens (tertiary/aromatic N) is 2. The Hall–Kier alpha value is -2.26. The number of nitrogens with one attached hydrogen (secondary N) is 2. The molecule has 0 spiro atoms. The van der Waals surface area contributed by atoms with Gasteiger partial charge in [-0.1, -0.05) is 30.5 Å². The van der Waals surface area contributed by atoms with Gasteiger partial charge in [0.25, 0.3) is 0 Å². The number of amides is 1. The molecule has 0 atom stereocenters. The summed E-state index contributed by atoms with van der Waals surface area (Å²) in [6.07, 6.45) is 4.00. The Bertz CT molecular complexity index is 946. The Labute approximate surface area is 158 Å². The van der Waals surface area contributed by atoms with Gasteiger partial charge in [-0.25, -0.2) is 8.42 Å². The molecule has 1 heterocycles. The summed E-state index contributed by atoms with van der Waals surface area (Å²) in [4.78, 5) is 15.7. The molecular formula is C18H24N4O4S. The molecule has 1 aliphatic rings. The minimum atomic E-state index is -3.87. The summed E-state index contributed by atoms with van der Waals surface area (Å²) in [6.45, 7) is 4.78. The van der Waals surface area contributed by atoms with Crippen molar-refractivity contribution < 1.29 is 17.7 Å². The highest BCUT2D eigenvalue weighted by Gasteiger charge is 2.42. The van der Waals surface area contributed by atoms with Gasteiger partial charge < -0.3 is 9.84 Å². The number of hydrogen-bond acceptors (Lipinski definition) is 6. The van der Waals surface area contributed by atoms with Crippen LogP contribution in [0.5, 0.6) is 0 Å². The van der Waals surface area contributed by atoms with Crippen LogP contribution in [-0.4, -0.2) is 24.5 Å². The molecule has 1 saturated carbocycles. The Morgan fingerprint density at radius 1 is 1.19 bits per heavy atom. The van der Waals surface area contributed by atoms with Gasteiger partial charge in [0.05, 0.1) is 10.4 Å². The van der Waals surface area contributed by atoms with Crippen LogP contribution in [0.25, 0.3) is 0 Å². The van der Waals surface area contributed by atoms with Crippen molar-refractivity contribution >= 4 is 21.6 Å². The summed E-state index contributed by atoms with van der Waals surface area (Å²) in [7, 11) is -3.87. The van der Waals surface area contributed by atoms with Crippen molar-refractivity contribution in [1.82, 2.24) is 14.9 Å². The number of sulfonamides is 1. The molecule has 3 rings (SSSR count). The van der Waals surface area contributed by atoms with Crippen LogP contribution in [0.4, 0.5) is 5.69 Å². The zero-order chi connectivity index (χ0) is 19.7. The summed E-state index contributed by atoms with van der Waals surface area (Å²) in [5.41, 5.74) is 0.138. The van der Waals surface area contributed by atoms with Crippen LogP contribution >= 0.6 is 0 Å². The summed E-state index contributed by atoms with van der Waals surface area (Å²) < 4.78 is 34.4. The molecule has 0 unspecified atom stereocenters. The Balaban J connectivity index is 1.99. The molecule has 1 amide bonds. The van der Waals surface area contributed by atoms with Crippen LogP contribution in [0.3, 0.4) is 0 Å². The highest BCUT2D eigenvalue weighted by atomic mass is 32.2. The van der Waals surface area contributed by atoms with E-state index in [0.717, 1.165) is 19.3 Å². The number of carbonyl (C=O) groups excluding carboxylic acids is 1. The molecule has 0 aliphatic heterocycles. The van der Waals surface area contributed by atoms with Crippen LogP contribution < -0.4 is 10.0 Å². The zero-order valence-electron chi connectivity index (χ0n) is 15.7. The van der Waals surface area contributed by atoms with Gasteiger partial charge in [0, 0.05) is 19.5 Å². The smallest absolute Gasteiger partial charge is 0.241 e. The first kappa shape index (κ1) is 19.5. The van der Waals surface area contributed by atoms with Crippen LogP contribution in [0.1, 0.15) is 56.3 Å². The monoisotopic (exact) mass is 392 g/mol. The predicted molar refractivity (Wildman–Crippen MR) is 99.6 cm³/mol. The van der Waals surface area contributed by atoms with E-state index >= 15 is 0 Å². The Kier molecular flexibility index (Phi) is 5.34. The van der Waals surface area contributed by atoms with Crippen LogP contribution in [0.2, 0.25) is 0 Å². The van der Waals surface area contributed by atoms with Gasteiger partial charge in [-0.15, -0.1) is 0 Å². The van der Waals surface area contributed by atoms with Gasteiger partial charge in [-0.3, -0.25) is 4.79 Å². The van der Waals surface area contributed by atoms with Gasteiger partial charge in [0.1, 0.15) is 0 Å². The van der Waals surface area contributed by atoms with Crippen molar-refractivity contribution in [2.75, 3.05) is 5.32 Å². The quantitative estimate of drug-likeness (QED) is 0.809. The van der Waals surface area contributed by atoms with Gasteiger partial charge in [-0.2, -0.15) is 9.71 Å². The number of aromatic nitrogens is 2. The number of anilines is 1. The predicted octanol–water partition coefficient (Wildman–Crippen LogP) is 2.78. The molecule has 9 heteroatoms. The summed E-state index contributed by atoms with van der Waals surface area (Å²) in [6, 6.07) is 4.82. The largest absolute Gasteiger partial charge is 0.340 e. The second kappa shape index (κ2) is 7.40. The van der Waals surface area contributed by atoms with Gasteiger partial charge in [-0.05, 0) is 37.5 Å². The molecule has 0 saturated heterocycles. The van der Waals surface area contributed by atoms with E-state index in [0.29, 0.717) is 35.8 Å². The molecule has 0 bridgehead atoms. The van der Waals surface area contributed by atoms with E-state index in [9.17, 15) is 13.2 Å². The van der Waals surface area contributed by atoms with Gasteiger partial charge in [0.2, 0.25) is 21.8 Å². The number of rotatable bonds is 5. The van der Waals surface area contributed by atoms with E-state index in [1.54, 1.807) is 26.0 Å². The molecule has 2 N–H and O–H groups in total. The number of benzene rings is 1. The number of aryl methyl sites for hydroxylation is 2. The van der Waals surface area contributed by atoms with Crippen LogP contribution in [0, 0.1) is 13.8 Å². The first-order valence-electron chi connectivity index (χ1n) is 8.95. The Morgan fingerprint density at radius 2 is 1.89 bits per heavy atom. The van der Waals surface area contributed by atoms with E-state index in [4.69, 9.17) is 4.52 Å². The third-order valence-electron chi connectivity index (χ3n) is 4.79. The second-order valence-corrected chi connectivity index (χ2v) is 8.70. The number of carbonyl (C=O) groups is 1. The van der Waals surface area contributed by atoms with Gasteiger partial charge in [0.15, 0.2) is 5.82 Å². The third-order valence-corrected chi connectivity index (χ3v) is 6.47. The van der Waals surface area contributed by atoms with Gasteiger partial charge >= 0.3 is 0 Å². The maximum atomic E-state index is 13.2. The fourth-order valence-corrected chi connectivity index (χ4v) is 5.20. The van der Waals surface area contributed by atoms with E-state index in [2.05, 4.69) is 20.2 Å². The average molecular weight is 392 g/mol. The molecular weight excluding hydrogens is 368 g/mol. The molecule has 2 aromatic rings. The van der Waals surface area contributed by atoms with E-state index < -0.39 is 15.6 Å². The topological polar surface area (TPSA) is 114 Å². The highest BCUT2D eigenvalue weighted by molar-refractivity contribution is 7.89. The van der Waals surface area contributed by atoms with Crippen molar-refractivity contribution in [3.8, 4) is 0 Å². The standard InChI is InChI=1S/C18H24N4O4S/c1-12-7-8-15(19-13(2)23)11-16(12)27(24,25)22-18(9-5-4-6-10-18)17-20-14(3)26-21-17/h7-8,11,22H,4-6,9-10H2,1-3H3,(H,19,23). The molecule has 27 heavy (non-hydrogen) atoms. The second-order valence-electron chi connectivity index (χ2n) is 7.05. The lowest BCUT2D eigenvalue weighted by Gasteiger charge is -2.35. The van der Waals surface area contributed by atoms with Crippen LogP contribution in [-0.2, 0) is 20.4 Å². The third kappa shape index (κ3) is 4.19. The lowest BCUT2D eigenvalue weighted by atomic mass is 9.82. The van der Waals surface area contributed by atoms with Crippen molar-refractivity contribution in [1.29, 1.82) is 0 Å². The molecule has 8 nitrogen and oxygen atoms in total. The van der Waals surface area contributed by atoms with Crippen molar-refractivity contribution in [3.63, 3.8) is 0 Å². The molecule has 0 radical (unpaired) electrons. The molecule has 1 aliphatic carbocycles. The van der Waals surface area contributed by atoms with Crippen molar-refractivity contribution in [3.05, 3.63) is 35.5 Å². The fraction of sp³-hybridized carbons (Fsp3) is 0.500. The minimum absolute atomic E-state index is 0.124. The summed E-state index contributed by atoms with van der Waals surface area (Å²) in [5, 5.41) is 6.62. The Morgan fingerprint density at radius 3 is 2.48 bits per heavy atom. The SMILES string of the molecule is CC(=O)Nc1ccc(C)c(S(=O)(=O)NC2(c3noc(C)n3)CCCCC2)c1. The lowest BCUT2D eigenvalue weighted by molar-refractivity contribution is -0.114. The highest BCUT2D eigenvalue weighted by Crippen LogP contribution is 2.37. The van der Waals surface area contributed by atoms with E-state index in [1.807, 2.05) is 0 Å².